The number of hydrogen-bond donors (Lipinski definition) is 1. The van der Waals surface area contributed by atoms with E-state index in [0.29, 0.717) is 22.4 Å². The molecule has 0 aliphatic heterocycles. The second-order valence-electron chi connectivity index (χ2n) is 7.00. The van der Waals surface area contributed by atoms with Crippen molar-refractivity contribution in [2.75, 3.05) is 19.5 Å². The molecule has 1 aromatic heterocycles. The molecule has 0 spiro atoms. The summed E-state index contributed by atoms with van der Waals surface area (Å²) in [6, 6.07) is 16.0. The summed E-state index contributed by atoms with van der Waals surface area (Å²) in [4.78, 5) is 16.5. The molecule has 0 atom stereocenters. The van der Waals surface area contributed by atoms with Crippen LogP contribution in [0.5, 0.6) is 28.7 Å². The number of pyridine rings is 1. The number of benzene rings is 3. The molecular formula is C25H17ClFN3O5. The first-order valence-corrected chi connectivity index (χ1v) is 10.5. The van der Waals surface area contributed by atoms with Crippen LogP contribution in [0.4, 0.5) is 14.9 Å². The second kappa shape index (κ2) is 10.2. The van der Waals surface area contributed by atoms with Crippen LogP contribution in [0.2, 0.25) is 5.02 Å². The van der Waals surface area contributed by atoms with Gasteiger partial charge in [-0.15, -0.1) is 0 Å². The van der Waals surface area contributed by atoms with Gasteiger partial charge in [-0.3, -0.25) is 10.3 Å². The van der Waals surface area contributed by atoms with Gasteiger partial charge in [0.1, 0.15) is 28.3 Å². The average molecular weight is 494 g/mol. The monoisotopic (exact) mass is 493 g/mol. The van der Waals surface area contributed by atoms with Gasteiger partial charge in [0.25, 0.3) is 0 Å². The molecule has 0 aliphatic rings. The highest BCUT2D eigenvalue weighted by atomic mass is 35.5. The van der Waals surface area contributed by atoms with E-state index in [1.165, 1.54) is 32.5 Å². The summed E-state index contributed by atoms with van der Waals surface area (Å²) < 4.78 is 36.6. The molecular weight excluding hydrogens is 477 g/mol. The number of nitrogens with one attached hydrogen (secondary N) is 1. The third kappa shape index (κ3) is 4.88. The van der Waals surface area contributed by atoms with Crippen LogP contribution < -0.4 is 24.3 Å². The third-order valence-electron chi connectivity index (χ3n) is 4.88. The average Bonchev–Trinajstić information content (AvgIpc) is 2.87. The van der Waals surface area contributed by atoms with Gasteiger partial charge in [-0.25, -0.2) is 9.18 Å². The first kappa shape index (κ1) is 23.6. The van der Waals surface area contributed by atoms with Crippen molar-refractivity contribution in [2.24, 2.45) is 0 Å². The first-order valence-electron chi connectivity index (χ1n) is 10.1. The van der Waals surface area contributed by atoms with E-state index in [1.54, 1.807) is 36.4 Å². The lowest BCUT2D eigenvalue weighted by Crippen LogP contribution is -2.17. The summed E-state index contributed by atoms with van der Waals surface area (Å²) in [6.45, 7) is 0. The Balaban J connectivity index is 1.69. The van der Waals surface area contributed by atoms with E-state index in [0.717, 1.165) is 6.07 Å². The molecule has 176 valence electrons. The molecule has 0 fully saturated rings. The van der Waals surface area contributed by atoms with Crippen LogP contribution in [-0.4, -0.2) is 25.3 Å². The number of fused-ring (bicyclic) bond motifs is 1. The number of carbonyl (C=O) groups is 1. The van der Waals surface area contributed by atoms with E-state index < -0.39 is 11.9 Å². The predicted octanol–water partition coefficient (Wildman–Crippen LogP) is 6.32. The van der Waals surface area contributed by atoms with Crippen LogP contribution in [0.1, 0.15) is 5.56 Å². The Labute approximate surface area is 204 Å². The number of methoxy groups -OCH3 is 2. The summed E-state index contributed by atoms with van der Waals surface area (Å²) in [6.07, 6.45) is 0.594. The van der Waals surface area contributed by atoms with Crippen LogP contribution in [-0.2, 0) is 0 Å². The lowest BCUT2D eigenvalue weighted by molar-refractivity contribution is 0.215. The van der Waals surface area contributed by atoms with Gasteiger partial charge in [0.2, 0.25) is 5.75 Å². The SMILES string of the molecule is COc1cc2nccc(Oc3c(F)cc(NC(=O)Oc4ccccc4)c(Cl)c3OC)c2cc1C#N. The summed E-state index contributed by atoms with van der Waals surface area (Å²) >= 11 is 6.39. The van der Waals surface area contributed by atoms with Crippen LogP contribution in [0, 0.1) is 17.1 Å². The highest BCUT2D eigenvalue weighted by Gasteiger charge is 2.23. The van der Waals surface area contributed by atoms with Gasteiger partial charge in [0.05, 0.1) is 31.0 Å². The number of halogens is 2. The number of rotatable bonds is 6. The van der Waals surface area contributed by atoms with E-state index in [9.17, 15) is 10.1 Å². The number of para-hydroxylation sites is 1. The van der Waals surface area contributed by atoms with E-state index >= 15 is 4.39 Å². The fourth-order valence-electron chi connectivity index (χ4n) is 3.29. The number of carbonyl (C=O) groups excluding carboxylic acids is 1. The first-order chi connectivity index (χ1) is 16.9. The zero-order valence-electron chi connectivity index (χ0n) is 18.5. The second-order valence-corrected chi connectivity index (χ2v) is 7.38. The molecule has 1 heterocycles. The lowest BCUT2D eigenvalue weighted by atomic mass is 10.1. The quantitative estimate of drug-likeness (QED) is 0.335. The minimum absolute atomic E-state index is 0.0783. The van der Waals surface area contributed by atoms with E-state index in [-0.39, 0.29) is 33.5 Å². The number of ether oxygens (including phenoxy) is 4. The largest absolute Gasteiger partial charge is 0.495 e. The van der Waals surface area contributed by atoms with E-state index in [1.807, 2.05) is 6.07 Å². The summed E-state index contributed by atoms with van der Waals surface area (Å²) in [5, 5.41) is 12.1. The van der Waals surface area contributed by atoms with Crippen molar-refractivity contribution in [1.29, 1.82) is 5.26 Å². The highest BCUT2D eigenvalue weighted by molar-refractivity contribution is 6.35. The molecule has 0 saturated heterocycles. The predicted molar refractivity (Wildman–Crippen MR) is 127 cm³/mol. The number of nitrogens with zero attached hydrogens (tertiary/aromatic N) is 2. The van der Waals surface area contributed by atoms with Crippen molar-refractivity contribution < 1.29 is 28.1 Å². The van der Waals surface area contributed by atoms with Crippen molar-refractivity contribution in [3.63, 3.8) is 0 Å². The molecule has 4 aromatic rings. The maximum absolute atomic E-state index is 15.2. The van der Waals surface area contributed by atoms with E-state index in [4.69, 9.17) is 30.5 Å². The number of hydrogen-bond acceptors (Lipinski definition) is 7. The Hall–Kier alpha value is -4.55. The summed E-state index contributed by atoms with van der Waals surface area (Å²) in [5.41, 5.74) is 0.635. The maximum Gasteiger partial charge on any atom is 0.417 e. The molecule has 1 N–H and O–H groups in total. The van der Waals surface area contributed by atoms with Gasteiger partial charge in [0, 0.05) is 23.7 Å². The van der Waals surface area contributed by atoms with Gasteiger partial charge in [-0.1, -0.05) is 29.8 Å². The topological polar surface area (TPSA) is 103 Å². The number of anilines is 1. The fraction of sp³-hybridized carbons (Fsp3) is 0.0800. The Morgan fingerprint density at radius 1 is 1.06 bits per heavy atom. The standard InChI is InChI=1S/C25H17ClFN3O5/c1-32-21-12-18-16(10-14(21)13-28)20(8-9-29-18)35-23-17(27)11-19(22(26)24(23)33-2)30-25(31)34-15-6-4-3-5-7-15/h3-12H,1-2H3,(H,30,31). The van der Waals surface area contributed by atoms with Crippen LogP contribution >= 0.6 is 11.6 Å². The van der Waals surface area contributed by atoms with Gasteiger partial charge >= 0.3 is 6.09 Å². The minimum Gasteiger partial charge on any atom is -0.495 e. The Kier molecular flexibility index (Phi) is 6.85. The maximum atomic E-state index is 15.2. The number of nitriles is 1. The van der Waals surface area contributed by atoms with Crippen molar-refractivity contribution in [3.05, 3.63) is 77.2 Å². The molecule has 8 nitrogen and oxygen atoms in total. The molecule has 1 amide bonds. The van der Waals surface area contributed by atoms with Crippen LogP contribution in [0.3, 0.4) is 0 Å². The van der Waals surface area contributed by atoms with Crippen molar-refractivity contribution >= 4 is 34.3 Å². The third-order valence-corrected chi connectivity index (χ3v) is 5.26. The molecule has 0 aliphatic carbocycles. The smallest absolute Gasteiger partial charge is 0.417 e. The van der Waals surface area contributed by atoms with Crippen LogP contribution in [0.25, 0.3) is 10.9 Å². The molecule has 10 heteroatoms. The molecule has 0 radical (unpaired) electrons. The lowest BCUT2D eigenvalue weighted by Gasteiger charge is -2.17. The molecule has 0 unspecified atom stereocenters. The molecule has 0 saturated carbocycles. The van der Waals surface area contributed by atoms with Crippen molar-refractivity contribution in [3.8, 4) is 34.8 Å². The molecule has 3 aromatic carbocycles. The summed E-state index contributed by atoms with van der Waals surface area (Å²) in [7, 11) is 2.72. The Bertz CT molecular complexity index is 1460. The van der Waals surface area contributed by atoms with Crippen molar-refractivity contribution in [2.45, 2.75) is 0 Å². The zero-order chi connectivity index (χ0) is 24.9. The minimum atomic E-state index is -0.869. The number of amides is 1. The Morgan fingerprint density at radius 2 is 1.83 bits per heavy atom. The van der Waals surface area contributed by atoms with Gasteiger partial charge in [0.15, 0.2) is 11.6 Å². The van der Waals surface area contributed by atoms with Gasteiger partial charge in [-0.05, 0) is 24.3 Å². The van der Waals surface area contributed by atoms with Gasteiger partial charge < -0.3 is 18.9 Å². The molecule has 4 rings (SSSR count). The summed E-state index contributed by atoms with van der Waals surface area (Å²) in [5.74, 6) is -0.491. The van der Waals surface area contributed by atoms with Crippen LogP contribution in [0.15, 0.2) is 60.8 Å². The molecule has 0 bridgehead atoms. The van der Waals surface area contributed by atoms with Crippen molar-refractivity contribution in [1.82, 2.24) is 4.98 Å². The Morgan fingerprint density at radius 3 is 2.51 bits per heavy atom. The highest BCUT2D eigenvalue weighted by Crippen LogP contribution is 2.45. The van der Waals surface area contributed by atoms with Gasteiger partial charge in [-0.2, -0.15) is 5.26 Å². The fourth-order valence-corrected chi connectivity index (χ4v) is 3.55. The zero-order valence-corrected chi connectivity index (χ0v) is 19.2. The molecule has 35 heavy (non-hydrogen) atoms. The number of aromatic nitrogens is 1. The normalized spacial score (nSPS) is 10.4. The van der Waals surface area contributed by atoms with E-state index in [2.05, 4.69) is 10.3 Å².